The molecule has 156 valence electrons. The second kappa shape index (κ2) is 7.98. The van der Waals surface area contributed by atoms with Crippen molar-refractivity contribution < 1.29 is 18.0 Å². The van der Waals surface area contributed by atoms with Crippen LogP contribution >= 0.6 is 0 Å². The Bertz CT molecular complexity index is 1220. The molecule has 0 bridgehead atoms. The molecule has 0 unspecified atom stereocenters. The number of benzene rings is 2. The summed E-state index contributed by atoms with van der Waals surface area (Å²) in [6.45, 7) is 1.72. The van der Waals surface area contributed by atoms with Gasteiger partial charge in [0.1, 0.15) is 5.82 Å². The molecule has 4 aromatic rings. The monoisotopic (exact) mass is 424 g/mol. The number of amides is 1. The predicted molar refractivity (Wildman–Crippen MR) is 107 cm³/mol. The summed E-state index contributed by atoms with van der Waals surface area (Å²) in [5, 5.41) is 10.2. The van der Waals surface area contributed by atoms with E-state index in [1.807, 2.05) is 30.3 Å². The van der Waals surface area contributed by atoms with Gasteiger partial charge in [0, 0.05) is 11.1 Å². The van der Waals surface area contributed by atoms with Gasteiger partial charge in [0.15, 0.2) is 0 Å². The Balaban J connectivity index is 1.72. The number of nitrogens with zero attached hydrogens (tertiary/aromatic N) is 5. The van der Waals surface area contributed by atoms with Gasteiger partial charge in [-0.05, 0) is 25.1 Å². The number of halogens is 3. The molecule has 10 heteroatoms. The third kappa shape index (κ3) is 4.27. The fourth-order valence-electron chi connectivity index (χ4n) is 2.99. The number of rotatable bonds is 4. The van der Waals surface area contributed by atoms with Crippen molar-refractivity contribution in [3.63, 3.8) is 0 Å². The molecule has 0 aliphatic rings. The zero-order valence-corrected chi connectivity index (χ0v) is 16.1. The van der Waals surface area contributed by atoms with Crippen molar-refractivity contribution >= 4 is 11.6 Å². The molecule has 0 spiro atoms. The van der Waals surface area contributed by atoms with Crippen LogP contribution in [0.2, 0.25) is 0 Å². The maximum Gasteiger partial charge on any atom is 0.418 e. The Labute approximate surface area is 174 Å². The van der Waals surface area contributed by atoms with Crippen molar-refractivity contribution in [1.29, 1.82) is 0 Å². The number of hydrogen-bond donors (Lipinski definition) is 1. The van der Waals surface area contributed by atoms with Crippen LogP contribution in [-0.4, -0.2) is 30.9 Å². The molecule has 2 aromatic carbocycles. The highest BCUT2D eigenvalue weighted by Gasteiger charge is 2.35. The molecule has 0 atom stereocenters. The highest BCUT2D eigenvalue weighted by molar-refractivity contribution is 6.06. The van der Waals surface area contributed by atoms with E-state index in [2.05, 4.69) is 25.5 Å². The molecule has 0 fully saturated rings. The molecule has 2 heterocycles. The van der Waals surface area contributed by atoms with Crippen molar-refractivity contribution in [1.82, 2.24) is 25.0 Å². The molecule has 0 radical (unpaired) electrons. The van der Waals surface area contributed by atoms with E-state index in [9.17, 15) is 18.0 Å². The standard InChI is InChI=1S/C21H15F3N6O/c1-13-25-12-17(19(28-13)14-5-3-2-4-6-14)29-20(31)15-7-8-16(21(22,23)24)18(11-15)30-26-9-10-27-30/h2-12H,1H3,(H,29,31). The van der Waals surface area contributed by atoms with Gasteiger partial charge in [-0.1, -0.05) is 30.3 Å². The summed E-state index contributed by atoms with van der Waals surface area (Å²) < 4.78 is 40.2. The number of carbonyl (C=O) groups is 1. The average Bonchev–Trinajstić information content (AvgIpc) is 3.29. The lowest BCUT2D eigenvalue weighted by Gasteiger charge is -2.14. The van der Waals surface area contributed by atoms with Gasteiger partial charge in [0.05, 0.1) is 41.2 Å². The van der Waals surface area contributed by atoms with Crippen molar-refractivity contribution in [2.24, 2.45) is 0 Å². The summed E-state index contributed by atoms with van der Waals surface area (Å²) in [4.78, 5) is 22.2. The number of hydrogen-bond acceptors (Lipinski definition) is 5. The van der Waals surface area contributed by atoms with Crippen LogP contribution in [0.15, 0.2) is 67.1 Å². The fourth-order valence-corrected chi connectivity index (χ4v) is 2.99. The second-order valence-electron chi connectivity index (χ2n) is 6.55. The van der Waals surface area contributed by atoms with Gasteiger partial charge >= 0.3 is 6.18 Å². The van der Waals surface area contributed by atoms with Gasteiger partial charge in [0.25, 0.3) is 5.91 Å². The third-order valence-corrected chi connectivity index (χ3v) is 4.40. The lowest BCUT2D eigenvalue weighted by Crippen LogP contribution is -2.17. The number of nitrogens with one attached hydrogen (secondary N) is 1. The molecule has 4 rings (SSSR count). The van der Waals surface area contributed by atoms with Crippen LogP contribution in [0.3, 0.4) is 0 Å². The van der Waals surface area contributed by atoms with Crippen molar-refractivity contribution in [2.75, 3.05) is 5.32 Å². The van der Waals surface area contributed by atoms with Crippen LogP contribution in [0.25, 0.3) is 16.9 Å². The van der Waals surface area contributed by atoms with Crippen LogP contribution < -0.4 is 5.32 Å². The number of carbonyl (C=O) groups excluding carboxylic acids is 1. The van der Waals surface area contributed by atoms with Crippen LogP contribution in [-0.2, 0) is 6.18 Å². The number of aromatic nitrogens is 5. The summed E-state index contributed by atoms with van der Waals surface area (Å²) in [5.74, 6) is -0.106. The van der Waals surface area contributed by atoms with Gasteiger partial charge in [-0.25, -0.2) is 9.97 Å². The number of alkyl halides is 3. The van der Waals surface area contributed by atoms with E-state index < -0.39 is 17.6 Å². The first-order valence-corrected chi connectivity index (χ1v) is 9.11. The smallest absolute Gasteiger partial charge is 0.319 e. The molecule has 31 heavy (non-hydrogen) atoms. The lowest BCUT2D eigenvalue weighted by molar-refractivity contribution is -0.137. The Hall–Kier alpha value is -4.08. The summed E-state index contributed by atoms with van der Waals surface area (Å²) in [6.07, 6.45) is -0.669. The molecule has 1 amide bonds. The van der Waals surface area contributed by atoms with E-state index in [1.165, 1.54) is 18.6 Å². The van der Waals surface area contributed by atoms with E-state index >= 15 is 0 Å². The summed E-state index contributed by atoms with van der Waals surface area (Å²) >= 11 is 0. The first-order valence-electron chi connectivity index (χ1n) is 9.11. The van der Waals surface area contributed by atoms with Crippen LogP contribution in [0.5, 0.6) is 0 Å². The minimum absolute atomic E-state index is 0.000105. The van der Waals surface area contributed by atoms with Crippen LogP contribution in [0.1, 0.15) is 21.7 Å². The Kier molecular flexibility index (Phi) is 5.20. The highest BCUT2D eigenvalue weighted by atomic mass is 19.4. The number of anilines is 1. The van der Waals surface area contributed by atoms with Gasteiger partial charge in [-0.3, -0.25) is 4.79 Å². The predicted octanol–water partition coefficient (Wildman–Crippen LogP) is 4.30. The quantitative estimate of drug-likeness (QED) is 0.528. The zero-order chi connectivity index (χ0) is 22.0. The van der Waals surface area contributed by atoms with E-state index in [0.29, 0.717) is 17.2 Å². The van der Waals surface area contributed by atoms with E-state index in [0.717, 1.165) is 28.6 Å². The lowest BCUT2D eigenvalue weighted by atomic mass is 10.1. The first-order chi connectivity index (χ1) is 14.8. The van der Waals surface area contributed by atoms with Crippen molar-refractivity contribution in [3.05, 3.63) is 84.1 Å². The Morgan fingerprint density at radius 1 is 1.03 bits per heavy atom. The zero-order valence-electron chi connectivity index (χ0n) is 16.1. The minimum atomic E-state index is -4.64. The maximum atomic E-state index is 13.4. The van der Waals surface area contributed by atoms with E-state index in [4.69, 9.17) is 0 Å². The minimum Gasteiger partial charge on any atom is -0.319 e. The van der Waals surface area contributed by atoms with Gasteiger partial charge < -0.3 is 5.32 Å². The third-order valence-electron chi connectivity index (χ3n) is 4.40. The van der Waals surface area contributed by atoms with Gasteiger partial charge in [-0.2, -0.15) is 28.2 Å². The van der Waals surface area contributed by atoms with Crippen molar-refractivity contribution in [3.8, 4) is 16.9 Å². The van der Waals surface area contributed by atoms with E-state index in [-0.39, 0.29) is 11.3 Å². The first kappa shape index (κ1) is 20.2. The Morgan fingerprint density at radius 3 is 2.42 bits per heavy atom. The molecule has 0 saturated carbocycles. The largest absolute Gasteiger partial charge is 0.418 e. The molecule has 0 saturated heterocycles. The number of aryl methyl sites for hydroxylation is 1. The summed E-state index contributed by atoms with van der Waals surface area (Å²) in [7, 11) is 0. The second-order valence-corrected chi connectivity index (χ2v) is 6.55. The van der Waals surface area contributed by atoms with Crippen LogP contribution in [0, 0.1) is 6.92 Å². The summed E-state index contributed by atoms with van der Waals surface area (Å²) in [6, 6.07) is 12.2. The Morgan fingerprint density at radius 2 is 1.74 bits per heavy atom. The highest BCUT2D eigenvalue weighted by Crippen LogP contribution is 2.34. The molecule has 2 aromatic heterocycles. The molecule has 1 N–H and O–H groups in total. The normalized spacial score (nSPS) is 11.4. The summed E-state index contributed by atoms with van der Waals surface area (Å²) in [5.41, 5.74) is 0.289. The molecular formula is C21H15F3N6O. The van der Waals surface area contributed by atoms with Gasteiger partial charge in [0.2, 0.25) is 0 Å². The van der Waals surface area contributed by atoms with Gasteiger partial charge in [-0.15, -0.1) is 0 Å². The van der Waals surface area contributed by atoms with E-state index in [1.54, 1.807) is 6.92 Å². The SMILES string of the molecule is Cc1ncc(NC(=O)c2ccc(C(F)(F)F)c(-n3nccn3)c2)c(-c2ccccc2)n1. The molecule has 0 aliphatic heterocycles. The topological polar surface area (TPSA) is 85.6 Å². The average molecular weight is 424 g/mol. The molecule has 0 aliphatic carbocycles. The molecular weight excluding hydrogens is 409 g/mol. The fraction of sp³-hybridized carbons (Fsp3) is 0.0952. The maximum absolute atomic E-state index is 13.4. The molecule has 7 nitrogen and oxygen atoms in total. The van der Waals surface area contributed by atoms with Crippen LogP contribution in [0.4, 0.5) is 18.9 Å². The van der Waals surface area contributed by atoms with Crippen molar-refractivity contribution in [2.45, 2.75) is 13.1 Å².